The lowest BCUT2D eigenvalue weighted by Crippen LogP contribution is -2.39. The van der Waals surface area contributed by atoms with E-state index >= 15 is 0 Å². The molecule has 5 nitrogen and oxygen atoms in total. The van der Waals surface area contributed by atoms with Crippen LogP contribution >= 0.6 is 0 Å². The largest absolute Gasteiger partial charge is 0.361 e. The lowest BCUT2D eigenvalue weighted by molar-refractivity contribution is 0.360. The van der Waals surface area contributed by atoms with E-state index in [-0.39, 0.29) is 5.66 Å². The Morgan fingerprint density at radius 2 is 2.07 bits per heavy atom. The van der Waals surface area contributed by atoms with E-state index in [1.54, 1.807) is 4.68 Å². The Morgan fingerprint density at radius 3 is 2.93 bits per heavy atom. The van der Waals surface area contributed by atoms with Gasteiger partial charge in [-0.3, -0.25) is 0 Å². The number of anilines is 1. The summed E-state index contributed by atoms with van der Waals surface area (Å²) in [6.07, 6.45) is 0. The summed E-state index contributed by atoms with van der Waals surface area (Å²) in [7, 11) is 0. The lowest BCUT2D eigenvalue weighted by atomic mass is 10.1. The van der Waals surface area contributed by atoms with E-state index in [9.17, 15) is 0 Å². The number of rotatable bonds is 0. The number of nitrogens with one attached hydrogen (secondary N) is 1. The Kier molecular flexibility index (Phi) is 1.44. The van der Waals surface area contributed by atoms with Crippen LogP contribution in [0.25, 0.3) is 11.4 Å². The molecule has 2 aromatic rings. The maximum absolute atomic E-state index is 4.06. The Morgan fingerprint density at radius 1 is 1.27 bits per heavy atom. The van der Waals surface area contributed by atoms with Crippen LogP contribution in [-0.2, 0) is 5.66 Å². The highest BCUT2D eigenvalue weighted by Crippen LogP contribution is 2.35. The maximum atomic E-state index is 4.06. The Hall–Kier alpha value is -1.91. The third kappa shape index (κ3) is 1.06. The van der Waals surface area contributed by atoms with E-state index in [1.165, 1.54) is 0 Å². The summed E-state index contributed by atoms with van der Waals surface area (Å²) in [5.74, 6) is 0.814. The van der Waals surface area contributed by atoms with E-state index in [0.29, 0.717) is 0 Å². The summed E-state index contributed by atoms with van der Waals surface area (Å²) in [6.45, 7) is 4.09. The zero-order chi connectivity index (χ0) is 10.5. The zero-order valence-corrected chi connectivity index (χ0v) is 8.60. The van der Waals surface area contributed by atoms with Crippen molar-refractivity contribution in [1.29, 1.82) is 0 Å². The Balaban J connectivity index is 2.32. The molecule has 15 heavy (non-hydrogen) atoms. The molecule has 1 aromatic heterocycles. The molecule has 0 unspecified atom stereocenters. The smallest absolute Gasteiger partial charge is 0.186 e. The first-order chi connectivity index (χ1) is 7.18. The molecule has 1 aromatic carbocycles. The van der Waals surface area contributed by atoms with Gasteiger partial charge in [0.25, 0.3) is 0 Å². The summed E-state index contributed by atoms with van der Waals surface area (Å²) < 4.78 is 1.80. The average molecular weight is 201 g/mol. The van der Waals surface area contributed by atoms with Crippen LogP contribution in [0.3, 0.4) is 0 Å². The highest BCUT2D eigenvalue weighted by Gasteiger charge is 2.31. The molecule has 0 saturated carbocycles. The third-order valence-corrected chi connectivity index (χ3v) is 2.61. The molecule has 2 heterocycles. The van der Waals surface area contributed by atoms with Crippen LogP contribution in [-0.4, -0.2) is 20.2 Å². The van der Waals surface area contributed by atoms with Crippen molar-refractivity contribution < 1.29 is 0 Å². The van der Waals surface area contributed by atoms with Crippen molar-refractivity contribution in [3.63, 3.8) is 0 Å². The highest BCUT2D eigenvalue weighted by atomic mass is 15.6. The van der Waals surface area contributed by atoms with Gasteiger partial charge in [-0.25, -0.2) is 4.68 Å². The number of aromatic nitrogens is 4. The molecule has 5 heteroatoms. The second-order valence-electron chi connectivity index (χ2n) is 4.14. The predicted octanol–water partition coefficient (Wildman–Crippen LogP) is 1.46. The molecule has 0 aliphatic carbocycles. The van der Waals surface area contributed by atoms with Gasteiger partial charge in [0, 0.05) is 11.3 Å². The average Bonchev–Trinajstić information content (AvgIpc) is 2.66. The number of fused-ring (bicyclic) bond motifs is 3. The van der Waals surface area contributed by atoms with Gasteiger partial charge in [-0.05, 0) is 36.4 Å². The topological polar surface area (TPSA) is 55.6 Å². The van der Waals surface area contributed by atoms with Crippen molar-refractivity contribution >= 4 is 5.69 Å². The first kappa shape index (κ1) is 8.40. The molecule has 0 radical (unpaired) electrons. The van der Waals surface area contributed by atoms with Crippen LogP contribution in [0.1, 0.15) is 13.8 Å². The fourth-order valence-corrected chi connectivity index (χ4v) is 1.90. The fraction of sp³-hybridized carbons (Fsp3) is 0.300. The van der Waals surface area contributed by atoms with Crippen LogP contribution in [0.15, 0.2) is 24.3 Å². The van der Waals surface area contributed by atoms with Gasteiger partial charge in [-0.15, -0.1) is 5.10 Å². The van der Waals surface area contributed by atoms with Crippen LogP contribution in [0.2, 0.25) is 0 Å². The van der Waals surface area contributed by atoms with Crippen LogP contribution in [0.5, 0.6) is 0 Å². The number of para-hydroxylation sites is 1. The van der Waals surface area contributed by atoms with E-state index in [4.69, 9.17) is 0 Å². The number of nitrogens with zero attached hydrogens (tertiary/aromatic N) is 4. The number of hydrogen-bond donors (Lipinski definition) is 1. The molecule has 1 N–H and O–H groups in total. The van der Waals surface area contributed by atoms with E-state index in [2.05, 4.69) is 20.8 Å². The van der Waals surface area contributed by atoms with Gasteiger partial charge < -0.3 is 5.32 Å². The standard InChI is InChI=1S/C10H11N5/c1-10(2)11-8-6-4-3-5-7(8)9-12-13-14-15(9)10/h3-6,11H,1-2H3. The van der Waals surface area contributed by atoms with E-state index in [0.717, 1.165) is 17.1 Å². The molecular formula is C10H11N5. The minimum atomic E-state index is -0.285. The quantitative estimate of drug-likeness (QED) is 0.701. The molecule has 76 valence electrons. The van der Waals surface area contributed by atoms with Gasteiger partial charge >= 0.3 is 0 Å². The zero-order valence-electron chi connectivity index (χ0n) is 8.60. The van der Waals surface area contributed by atoms with Crippen LogP contribution < -0.4 is 5.32 Å². The second-order valence-corrected chi connectivity index (χ2v) is 4.14. The summed E-state index contributed by atoms with van der Waals surface area (Å²) in [5, 5.41) is 15.2. The van der Waals surface area contributed by atoms with Crippen molar-refractivity contribution in [2.45, 2.75) is 19.5 Å². The van der Waals surface area contributed by atoms with Crippen LogP contribution in [0, 0.1) is 0 Å². The fourth-order valence-electron chi connectivity index (χ4n) is 1.90. The Bertz CT molecular complexity index is 514. The Labute approximate surface area is 87.1 Å². The monoisotopic (exact) mass is 201 g/mol. The van der Waals surface area contributed by atoms with Gasteiger partial charge in [-0.2, -0.15) is 0 Å². The molecule has 0 fully saturated rings. The van der Waals surface area contributed by atoms with Gasteiger partial charge in [0.15, 0.2) is 5.82 Å². The highest BCUT2D eigenvalue weighted by molar-refractivity contribution is 5.75. The maximum Gasteiger partial charge on any atom is 0.186 e. The molecule has 0 amide bonds. The summed E-state index contributed by atoms with van der Waals surface area (Å²) in [4.78, 5) is 0. The SMILES string of the molecule is CC1(C)Nc2ccccc2-c2nnnn21. The van der Waals surface area contributed by atoms with Gasteiger partial charge in [0.2, 0.25) is 0 Å². The predicted molar refractivity (Wildman–Crippen MR) is 56.2 cm³/mol. The molecular weight excluding hydrogens is 190 g/mol. The van der Waals surface area contributed by atoms with Gasteiger partial charge in [0.05, 0.1) is 0 Å². The van der Waals surface area contributed by atoms with Crippen molar-refractivity contribution in [2.75, 3.05) is 5.32 Å². The first-order valence-electron chi connectivity index (χ1n) is 4.85. The molecule has 0 saturated heterocycles. The minimum Gasteiger partial charge on any atom is -0.361 e. The van der Waals surface area contributed by atoms with Crippen molar-refractivity contribution in [3.05, 3.63) is 24.3 Å². The molecule has 0 spiro atoms. The minimum absolute atomic E-state index is 0.285. The van der Waals surface area contributed by atoms with Crippen molar-refractivity contribution in [2.24, 2.45) is 0 Å². The van der Waals surface area contributed by atoms with Gasteiger partial charge in [0.1, 0.15) is 5.66 Å². The molecule has 3 rings (SSSR count). The van der Waals surface area contributed by atoms with E-state index < -0.39 is 0 Å². The van der Waals surface area contributed by atoms with E-state index in [1.807, 2.05) is 38.1 Å². The molecule has 1 aliphatic rings. The molecule has 0 atom stereocenters. The summed E-state index contributed by atoms with van der Waals surface area (Å²) in [5.41, 5.74) is 1.83. The molecule has 0 bridgehead atoms. The van der Waals surface area contributed by atoms with Crippen molar-refractivity contribution in [3.8, 4) is 11.4 Å². The number of benzene rings is 1. The number of tetrazole rings is 1. The van der Waals surface area contributed by atoms with Crippen LogP contribution in [0.4, 0.5) is 5.69 Å². The summed E-state index contributed by atoms with van der Waals surface area (Å²) >= 11 is 0. The lowest BCUT2D eigenvalue weighted by Gasteiger charge is -2.33. The first-order valence-corrected chi connectivity index (χ1v) is 4.85. The number of hydrogen-bond acceptors (Lipinski definition) is 4. The van der Waals surface area contributed by atoms with Crippen molar-refractivity contribution in [1.82, 2.24) is 20.2 Å². The normalized spacial score (nSPS) is 16.4. The third-order valence-electron chi connectivity index (χ3n) is 2.61. The van der Waals surface area contributed by atoms with Gasteiger partial charge in [-0.1, -0.05) is 12.1 Å². The molecule has 1 aliphatic heterocycles. The summed E-state index contributed by atoms with van der Waals surface area (Å²) in [6, 6.07) is 8.04. The second kappa shape index (κ2) is 2.56.